The van der Waals surface area contributed by atoms with Gasteiger partial charge in [0.1, 0.15) is 17.6 Å². The number of nitrogens with zero attached hydrogens (tertiary/aromatic N) is 1. The average molecular weight is 491 g/mol. The van der Waals surface area contributed by atoms with E-state index in [0.717, 1.165) is 23.1 Å². The minimum absolute atomic E-state index is 0.0485. The van der Waals surface area contributed by atoms with Crippen molar-refractivity contribution in [3.8, 4) is 5.75 Å². The van der Waals surface area contributed by atoms with Gasteiger partial charge in [0.15, 0.2) is 6.61 Å². The molecule has 36 heavy (non-hydrogen) atoms. The molecule has 0 aliphatic carbocycles. The molecule has 0 aliphatic heterocycles. The summed E-state index contributed by atoms with van der Waals surface area (Å²) >= 11 is 0. The third-order valence-corrected chi connectivity index (χ3v) is 6.48. The lowest BCUT2D eigenvalue weighted by Gasteiger charge is -2.32. The molecule has 0 spiro atoms. The Bertz CT molecular complexity index is 1170. The Morgan fingerprint density at radius 1 is 0.972 bits per heavy atom. The lowest BCUT2D eigenvalue weighted by Crippen LogP contribution is -2.53. The molecule has 0 heterocycles. The van der Waals surface area contributed by atoms with Crippen molar-refractivity contribution >= 4 is 11.8 Å². The van der Waals surface area contributed by atoms with Gasteiger partial charge >= 0.3 is 0 Å². The second kappa shape index (κ2) is 12.9. The number of rotatable bonds is 11. The third-order valence-electron chi connectivity index (χ3n) is 6.48. The SMILES string of the molecule is CCC(C)NC(=O)C(Cc1ccccc1)N(Cc1ccccc1F)C(=O)COc1cccc(C)c1C. The molecule has 6 heteroatoms. The molecule has 2 atom stereocenters. The molecular weight excluding hydrogens is 455 g/mol. The number of benzene rings is 3. The second-order valence-corrected chi connectivity index (χ2v) is 9.12. The van der Waals surface area contributed by atoms with E-state index in [2.05, 4.69) is 5.32 Å². The third kappa shape index (κ3) is 7.17. The monoisotopic (exact) mass is 490 g/mol. The fourth-order valence-corrected chi connectivity index (χ4v) is 3.91. The minimum Gasteiger partial charge on any atom is -0.483 e. The summed E-state index contributed by atoms with van der Waals surface area (Å²) in [5.74, 6) is -0.478. The summed E-state index contributed by atoms with van der Waals surface area (Å²) < 4.78 is 20.5. The van der Waals surface area contributed by atoms with Gasteiger partial charge in [-0.15, -0.1) is 0 Å². The van der Waals surface area contributed by atoms with Gasteiger partial charge in [0.25, 0.3) is 5.91 Å². The fourth-order valence-electron chi connectivity index (χ4n) is 3.91. The van der Waals surface area contributed by atoms with Crippen LogP contribution in [0.3, 0.4) is 0 Å². The largest absolute Gasteiger partial charge is 0.483 e. The van der Waals surface area contributed by atoms with Crippen molar-refractivity contribution in [2.75, 3.05) is 6.61 Å². The van der Waals surface area contributed by atoms with Crippen LogP contribution >= 0.6 is 0 Å². The highest BCUT2D eigenvalue weighted by molar-refractivity contribution is 5.88. The van der Waals surface area contributed by atoms with Crippen LogP contribution in [0.4, 0.5) is 4.39 Å². The van der Waals surface area contributed by atoms with E-state index in [0.29, 0.717) is 17.7 Å². The Morgan fingerprint density at radius 2 is 1.67 bits per heavy atom. The highest BCUT2D eigenvalue weighted by Gasteiger charge is 2.31. The first-order chi connectivity index (χ1) is 17.3. The van der Waals surface area contributed by atoms with Gasteiger partial charge < -0.3 is 15.0 Å². The van der Waals surface area contributed by atoms with Gasteiger partial charge in [-0.1, -0.05) is 67.6 Å². The van der Waals surface area contributed by atoms with Crippen molar-refractivity contribution in [2.24, 2.45) is 0 Å². The standard InChI is InChI=1S/C30H35FN2O3/c1-5-22(3)32-30(35)27(18-24-13-7-6-8-14-24)33(19-25-15-9-10-16-26(25)31)29(34)20-36-28-17-11-12-21(2)23(28)4/h6-17,22,27H,5,18-20H2,1-4H3,(H,32,35). The molecule has 5 nitrogen and oxygen atoms in total. The molecule has 0 aliphatic rings. The number of hydrogen-bond donors (Lipinski definition) is 1. The molecule has 0 bridgehead atoms. The van der Waals surface area contributed by atoms with E-state index >= 15 is 0 Å². The van der Waals surface area contributed by atoms with Crippen molar-refractivity contribution in [3.63, 3.8) is 0 Å². The zero-order valence-corrected chi connectivity index (χ0v) is 21.5. The number of amides is 2. The van der Waals surface area contributed by atoms with Gasteiger partial charge in [0.2, 0.25) is 5.91 Å². The topological polar surface area (TPSA) is 58.6 Å². The lowest BCUT2D eigenvalue weighted by molar-refractivity contribution is -0.143. The summed E-state index contributed by atoms with van der Waals surface area (Å²) in [4.78, 5) is 28.5. The molecule has 0 saturated heterocycles. The van der Waals surface area contributed by atoms with Gasteiger partial charge in [-0.05, 0) is 56.0 Å². The van der Waals surface area contributed by atoms with Crippen molar-refractivity contribution in [1.29, 1.82) is 0 Å². The Balaban J connectivity index is 1.94. The molecule has 3 aromatic carbocycles. The number of ether oxygens (including phenoxy) is 1. The molecule has 0 saturated carbocycles. The zero-order chi connectivity index (χ0) is 26.1. The van der Waals surface area contributed by atoms with Gasteiger partial charge in [0, 0.05) is 24.6 Å². The number of aryl methyl sites for hydroxylation is 1. The highest BCUT2D eigenvalue weighted by atomic mass is 19.1. The maximum atomic E-state index is 14.6. The highest BCUT2D eigenvalue weighted by Crippen LogP contribution is 2.22. The number of nitrogens with one attached hydrogen (secondary N) is 1. The number of carbonyl (C=O) groups is 2. The number of halogens is 1. The summed E-state index contributed by atoms with van der Waals surface area (Å²) in [6.07, 6.45) is 1.05. The summed E-state index contributed by atoms with van der Waals surface area (Å²) in [6, 6.07) is 20.6. The first kappa shape index (κ1) is 26.9. The van der Waals surface area contributed by atoms with Crippen LogP contribution in [0.15, 0.2) is 72.8 Å². The van der Waals surface area contributed by atoms with Crippen molar-refractivity contribution in [2.45, 2.75) is 59.2 Å². The van der Waals surface area contributed by atoms with Gasteiger partial charge in [0.05, 0.1) is 0 Å². The smallest absolute Gasteiger partial charge is 0.261 e. The number of carbonyl (C=O) groups excluding carboxylic acids is 2. The van der Waals surface area contributed by atoms with Crippen molar-refractivity contribution in [1.82, 2.24) is 10.2 Å². The van der Waals surface area contributed by atoms with E-state index in [4.69, 9.17) is 4.74 Å². The second-order valence-electron chi connectivity index (χ2n) is 9.12. The minimum atomic E-state index is -0.837. The molecule has 2 unspecified atom stereocenters. The van der Waals surface area contributed by atoms with Crippen LogP contribution in [0.25, 0.3) is 0 Å². The molecule has 3 rings (SSSR count). The van der Waals surface area contributed by atoms with Crippen LogP contribution in [0.5, 0.6) is 5.75 Å². The molecule has 3 aromatic rings. The van der Waals surface area contributed by atoms with E-state index in [1.807, 2.05) is 76.2 Å². The summed E-state index contributed by atoms with van der Waals surface area (Å²) in [5, 5.41) is 3.01. The van der Waals surface area contributed by atoms with Crippen LogP contribution in [0.2, 0.25) is 0 Å². The van der Waals surface area contributed by atoms with E-state index < -0.39 is 11.9 Å². The van der Waals surface area contributed by atoms with E-state index in [9.17, 15) is 14.0 Å². The van der Waals surface area contributed by atoms with Crippen LogP contribution in [0.1, 0.15) is 42.5 Å². The first-order valence-corrected chi connectivity index (χ1v) is 12.4. The summed E-state index contributed by atoms with van der Waals surface area (Å²) in [7, 11) is 0. The molecule has 190 valence electrons. The van der Waals surface area contributed by atoms with E-state index in [1.54, 1.807) is 18.2 Å². The van der Waals surface area contributed by atoms with E-state index in [-0.39, 0.29) is 31.0 Å². The Hall–Kier alpha value is -3.67. The van der Waals surface area contributed by atoms with E-state index in [1.165, 1.54) is 11.0 Å². The van der Waals surface area contributed by atoms with Crippen molar-refractivity contribution in [3.05, 3.63) is 101 Å². The van der Waals surface area contributed by atoms with Crippen LogP contribution in [-0.2, 0) is 22.6 Å². The molecule has 1 N–H and O–H groups in total. The maximum Gasteiger partial charge on any atom is 0.261 e. The summed E-state index contributed by atoms with van der Waals surface area (Å²) in [6.45, 7) is 7.50. The lowest BCUT2D eigenvalue weighted by atomic mass is 10.0. The Labute approximate surface area is 213 Å². The molecule has 0 radical (unpaired) electrons. The number of hydrogen-bond acceptors (Lipinski definition) is 3. The average Bonchev–Trinajstić information content (AvgIpc) is 2.88. The van der Waals surface area contributed by atoms with Crippen LogP contribution in [-0.4, -0.2) is 35.4 Å². The van der Waals surface area contributed by atoms with Crippen molar-refractivity contribution < 1.29 is 18.7 Å². The molecule has 0 fully saturated rings. The van der Waals surface area contributed by atoms with Crippen LogP contribution in [0, 0.1) is 19.7 Å². The quantitative estimate of drug-likeness (QED) is 0.393. The predicted molar refractivity (Wildman–Crippen MR) is 140 cm³/mol. The fraction of sp³-hybridized carbons (Fsp3) is 0.333. The predicted octanol–water partition coefficient (Wildman–Crippen LogP) is 5.38. The Kier molecular flexibility index (Phi) is 9.62. The molecule has 0 aromatic heterocycles. The maximum absolute atomic E-state index is 14.6. The first-order valence-electron chi connectivity index (χ1n) is 12.4. The van der Waals surface area contributed by atoms with Gasteiger partial charge in [-0.3, -0.25) is 9.59 Å². The van der Waals surface area contributed by atoms with Gasteiger partial charge in [-0.25, -0.2) is 4.39 Å². The Morgan fingerprint density at radius 3 is 2.36 bits per heavy atom. The van der Waals surface area contributed by atoms with Gasteiger partial charge in [-0.2, -0.15) is 0 Å². The molecular formula is C30H35FN2O3. The normalized spacial score (nSPS) is 12.5. The van der Waals surface area contributed by atoms with Crippen LogP contribution < -0.4 is 10.1 Å². The summed E-state index contributed by atoms with van der Waals surface area (Å²) in [5.41, 5.74) is 3.25. The molecule has 2 amide bonds. The zero-order valence-electron chi connectivity index (χ0n) is 21.5.